The summed E-state index contributed by atoms with van der Waals surface area (Å²) < 4.78 is 42.8. The molecule has 0 radical (unpaired) electrons. The number of carbonyl (C=O) groups is 1. The van der Waals surface area contributed by atoms with Gasteiger partial charge in [-0.2, -0.15) is 0 Å². The molecule has 0 aliphatic rings. The Kier molecular flexibility index (Phi) is 6.53. The Bertz CT molecular complexity index is 1050. The summed E-state index contributed by atoms with van der Waals surface area (Å²) in [4.78, 5) is 12.2. The van der Waals surface area contributed by atoms with Crippen LogP contribution < -0.4 is 19.5 Å². The summed E-state index contributed by atoms with van der Waals surface area (Å²) in [6.45, 7) is -0.167. The lowest BCUT2D eigenvalue weighted by Gasteiger charge is -2.11. The molecule has 0 aliphatic heterocycles. The number of ether oxygens (including phenoxy) is 2. The second-order valence-corrected chi connectivity index (χ2v) is 7.68. The fraction of sp³-hybridized carbons (Fsp3) is 0.150. The van der Waals surface area contributed by atoms with E-state index in [1.165, 1.54) is 37.6 Å². The number of anilines is 1. The second kappa shape index (κ2) is 9.26. The molecule has 3 aromatic rings. The van der Waals surface area contributed by atoms with Crippen molar-refractivity contribution < 1.29 is 27.1 Å². The van der Waals surface area contributed by atoms with Crippen molar-refractivity contribution in [3.8, 4) is 11.5 Å². The quantitative estimate of drug-likeness (QED) is 0.556. The summed E-state index contributed by atoms with van der Waals surface area (Å²) in [5, 5.41) is 2.65. The highest BCUT2D eigenvalue weighted by Gasteiger charge is 2.15. The van der Waals surface area contributed by atoms with E-state index < -0.39 is 10.0 Å². The van der Waals surface area contributed by atoms with Crippen LogP contribution in [0.15, 0.2) is 76.2 Å². The molecule has 0 spiro atoms. The molecule has 29 heavy (non-hydrogen) atoms. The Morgan fingerprint density at radius 3 is 2.38 bits per heavy atom. The Labute approximate surface area is 168 Å². The molecule has 2 N–H and O–H groups in total. The van der Waals surface area contributed by atoms with E-state index in [1.807, 2.05) is 0 Å². The maximum atomic E-state index is 12.3. The molecule has 0 saturated heterocycles. The van der Waals surface area contributed by atoms with Crippen LogP contribution in [0.5, 0.6) is 11.5 Å². The number of rotatable bonds is 9. The third kappa shape index (κ3) is 5.59. The molecule has 1 amide bonds. The summed E-state index contributed by atoms with van der Waals surface area (Å²) in [5.74, 6) is 1.10. The van der Waals surface area contributed by atoms with E-state index in [0.717, 1.165) is 0 Å². The molecule has 8 nitrogen and oxygen atoms in total. The van der Waals surface area contributed by atoms with Gasteiger partial charge in [0.25, 0.3) is 5.91 Å². The lowest BCUT2D eigenvalue weighted by molar-refractivity contribution is -0.118. The Balaban J connectivity index is 1.55. The van der Waals surface area contributed by atoms with E-state index >= 15 is 0 Å². The first-order valence-corrected chi connectivity index (χ1v) is 10.1. The first-order chi connectivity index (χ1) is 14.0. The van der Waals surface area contributed by atoms with Crippen LogP contribution in [0.4, 0.5) is 5.69 Å². The highest BCUT2D eigenvalue weighted by atomic mass is 32.2. The van der Waals surface area contributed by atoms with Crippen molar-refractivity contribution in [2.75, 3.05) is 19.0 Å². The van der Waals surface area contributed by atoms with Gasteiger partial charge in [0.1, 0.15) is 5.76 Å². The van der Waals surface area contributed by atoms with Gasteiger partial charge in [-0.25, -0.2) is 13.1 Å². The van der Waals surface area contributed by atoms with Crippen molar-refractivity contribution in [2.24, 2.45) is 0 Å². The number of amides is 1. The minimum absolute atomic E-state index is 0.0497. The highest BCUT2D eigenvalue weighted by molar-refractivity contribution is 7.89. The number of hydrogen-bond donors (Lipinski definition) is 2. The highest BCUT2D eigenvalue weighted by Crippen LogP contribution is 2.25. The van der Waals surface area contributed by atoms with Crippen molar-refractivity contribution in [2.45, 2.75) is 11.4 Å². The minimum atomic E-state index is -3.70. The first kappa shape index (κ1) is 20.4. The Hall–Kier alpha value is -3.30. The van der Waals surface area contributed by atoms with Gasteiger partial charge < -0.3 is 19.2 Å². The SMILES string of the molecule is COc1ccccc1OCC(=O)Nc1ccc(S(=O)(=O)NCc2ccco2)cc1. The van der Waals surface area contributed by atoms with Gasteiger partial charge in [0, 0.05) is 5.69 Å². The van der Waals surface area contributed by atoms with Gasteiger partial charge in [0.15, 0.2) is 18.1 Å². The number of furan rings is 1. The molecular formula is C20H20N2O6S. The lowest BCUT2D eigenvalue weighted by Crippen LogP contribution is -2.23. The van der Waals surface area contributed by atoms with E-state index in [1.54, 1.807) is 36.4 Å². The number of sulfonamides is 1. The van der Waals surface area contributed by atoms with E-state index in [4.69, 9.17) is 13.9 Å². The van der Waals surface area contributed by atoms with E-state index in [-0.39, 0.29) is 24.0 Å². The Morgan fingerprint density at radius 1 is 1.00 bits per heavy atom. The topological polar surface area (TPSA) is 107 Å². The van der Waals surface area contributed by atoms with Gasteiger partial charge in [-0.15, -0.1) is 0 Å². The molecule has 9 heteroatoms. The van der Waals surface area contributed by atoms with Crippen LogP contribution >= 0.6 is 0 Å². The zero-order valence-corrected chi connectivity index (χ0v) is 16.4. The van der Waals surface area contributed by atoms with Crippen LogP contribution in [0.25, 0.3) is 0 Å². The standard InChI is InChI=1S/C20H20N2O6S/c1-26-18-6-2-3-7-19(18)28-14-20(23)22-15-8-10-17(11-9-15)29(24,25)21-13-16-5-4-12-27-16/h2-12,21H,13-14H2,1H3,(H,22,23). The van der Waals surface area contributed by atoms with Crippen molar-refractivity contribution in [1.29, 1.82) is 0 Å². The number of carbonyl (C=O) groups excluding carboxylic acids is 1. The summed E-state index contributed by atoms with van der Waals surface area (Å²) >= 11 is 0. The van der Waals surface area contributed by atoms with Crippen molar-refractivity contribution in [3.05, 3.63) is 72.7 Å². The number of nitrogens with one attached hydrogen (secondary N) is 2. The molecule has 0 saturated carbocycles. The van der Waals surface area contributed by atoms with Crippen LogP contribution in [-0.2, 0) is 21.4 Å². The molecule has 0 fully saturated rings. The smallest absolute Gasteiger partial charge is 0.262 e. The zero-order valence-electron chi connectivity index (χ0n) is 15.6. The number of benzene rings is 2. The lowest BCUT2D eigenvalue weighted by atomic mass is 10.3. The van der Waals surface area contributed by atoms with Gasteiger partial charge in [0.2, 0.25) is 10.0 Å². The number of methoxy groups -OCH3 is 1. The predicted molar refractivity (Wildman–Crippen MR) is 106 cm³/mol. The molecule has 1 heterocycles. The van der Waals surface area contributed by atoms with Gasteiger partial charge in [-0.05, 0) is 48.5 Å². The van der Waals surface area contributed by atoms with Crippen LogP contribution in [-0.4, -0.2) is 28.0 Å². The third-order valence-corrected chi connectivity index (χ3v) is 5.31. The van der Waals surface area contributed by atoms with Crippen LogP contribution in [0.3, 0.4) is 0 Å². The molecule has 0 atom stereocenters. The minimum Gasteiger partial charge on any atom is -0.493 e. The maximum absolute atomic E-state index is 12.3. The summed E-state index contributed by atoms with van der Waals surface area (Å²) in [6, 6.07) is 16.2. The summed E-state index contributed by atoms with van der Waals surface area (Å²) in [6.07, 6.45) is 1.47. The van der Waals surface area contributed by atoms with Gasteiger partial charge >= 0.3 is 0 Å². The third-order valence-electron chi connectivity index (χ3n) is 3.89. The number of hydrogen-bond acceptors (Lipinski definition) is 6. The molecule has 3 rings (SSSR count). The van der Waals surface area contributed by atoms with Gasteiger partial charge in [0.05, 0.1) is 24.8 Å². The first-order valence-electron chi connectivity index (χ1n) is 8.66. The maximum Gasteiger partial charge on any atom is 0.262 e. The van der Waals surface area contributed by atoms with Gasteiger partial charge in [-0.3, -0.25) is 4.79 Å². The normalized spacial score (nSPS) is 11.1. The van der Waals surface area contributed by atoms with E-state index in [9.17, 15) is 13.2 Å². The fourth-order valence-electron chi connectivity index (χ4n) is 2.46. The molecular weight excluding hydrogens is 396 g/mol. The molecule has 0 bridgehead atoms. The monoisotopic (exact) mass is 416 g/mol. The Morgan fingerprint density at radius 2 is 1.72 bits per heavy atom. The van der Waals surface area contributed by atoms with E-state index in [2.05, 4.69) is 10.0 Å². The van der Waals surface area contributed by atoms with Crippen molar-refractivity contribution in [1.82, 2.24) is 4.72 Å². The fourth-order valence-corrected chi connectivity index (χ4v) is 3.45. The van der Waals surface area contributed by atoms with E-state index in [0.29, 0.717) is 22.9 Å². The van der Waals surface area contributed by atoms with Crippen LogP contribution in [0.1, 0.15) is 5.76 Å². The number of para-hydroxylation sites is 2. The molecule has 0 aliphatic carbocycles. The average molecular weight is 416 g/mol. The van der Waals surface area contributed by atoms with Crippen molar-refractivity contribution >= 4 is 21.6 Å². The summed E-state index contributed by atoms with van der Waals surface area (Å²) in [5.41, 5.74) is 0.448. The second-order valence-electron chi connectivity index (χ2n) is 5.92. The molecule has 2 aromatic carbocycles. The van der Waals surface area contributed by atoms with Crippen LogP contribution in [0, 0.1) is 0 Å². The molecule has 0 unspecified atom stereocenters. The average Bonchev–Trinajstić information content (AvgIpc) is 3.25. The molecule has 152 valence electrons. The summed E-state index contributed by atoms with van der Waals surface area (Å²) in [7, 11) is -2.18. The largest absolute Gasteiger partial charge is 0.493 e. The van der Waals surface area contributed by atoms with Crippen molar-refractivity contribution in [3.63, 3.8) is 0 Å². The zero-order chi connectivity index (χ0) is 20.7. The van der Waals surface area contributed by atoms with Crippen LogP contribution in [0.2, 0.25) is 0 Å². The predicted octanol–water partition coefficient (Wildman–Crippen LogP) is 2.78. The van der Waals surface area contributed by atoms with Gasteiger partial charge in [-0.1, -0.05) is 12.1 Å². The molecule has 1 aromatic heterocycles.